The maximum atomic E-state index is 14.3. The molecule has 2 N–H and O–H groups in total. The highest BCUT2D eigenvalue weighted by Gasteiger charge is 2.37. The number of esters is 1. The smallest absolute Gasteiger partial charge is 0.417 e. The molecule has 0 spiro atoms. The largest absolute Gasteiger partial charge is 0.443 e. The molecule has 1 aliphatic carbocycles. The Balaban J connectivity index is 1.38. The number of nitrogens with zero attached hydrogens (tertiary/aromatic N) is 5. The summed E-state index contributed by atoms with van der Waals surface area (Å²) in [5.41, 5.74) is 7.00. The van der Waals surface area contributed by atoms with E-state index in [-0.39, 0.29) is 41.8 Å². The van der Waals surface area contributed by atoms with E-state index < -0.39 is 35.6 Å². The standard InChI is InChI=1S/C33H32BrF3N6O5/c1-18-11-24-27(16-41(18)31(46)21-7-10-26(34)25(13-21)33(35,36)37)43-29(22(15-39-43)12-19-3-4-19)42(32(24)47)23-8-5-20(6-9-23)30(45)40(2)17-48-28(44)14-38/h5-10,13,15,18-19H,3-4,11-12,14,16-17,38H2,1-2H3/t18-/m1/s1. The first-order valence-corrected chi connectivity index (χ1v) is 16.1. The molecule has 0 saturated heterocycles. The van der Waals surface area contributed by atoms with Crippen molar-refractivity contribution in [1.29, 1.82) is 0 Å². The van der Waals surface area contributed by atoms with Crippen LogP contribution in [-0.4, -0.2) is 68.1 Å². The Morgan fingerprint density at radius 3 is 2.44 bits per heavy atom. The Bertz CT molecular complexity index is 1990. The van der Waals surface area contributed by atoms with Crippen LogP contribution in [0.5, 0.6) is 0 Å². The van der Waals surface area contributed by atoms with E-state index in [4.69, 9.17) is 10.5 Å². The molecule has 6 rings (SSSR count). The van der Waals surface area contributed by atoms with Gasteiger partial charge in [0.1, 0.15) is 5.65 Å². The number of alkyl halides is 3. The number of hydrogen-bond acceptors (Lipinski definition) is 7. The molecule has 0 unspecified atom stereocenters. The van der Waals surface area contributed by atoms with Crippen LogP contribution in [0.3, 0.4) is 0 Å². The van der Waals surface area contributed by atoms with Crippen LogP contribution in [0.25, 0.3) is 11.3 Å². The lowest BCUT2D eigenvalue weighted by atomic mass is 9.97. The van der Waals surface area contributed by atoms with E-state index in [1.165, 1.54) is 29.0 Å². The second-order valence-electron chi connectivity index (χ2n) is 12.2. The van der Waals surface area contributed by atoms with E-state index in [0.717, 1.165) is 24.5 Å². The molecule has 15 heteroatoms. The topological polar surface area (TPSA) is 132 Å². The van der Waals surface area contributed by atoms with E-state index in [1.54, 1.807) is 46.5 Å². The third kappa shape index (κ3) is 6.35. The van der Waals surface area contributed by atoms with Gasteiger partial charge in [-0.3, -0.25) is 23.7 Å². The van der Waals surface area contributed by atoms with Crippen molar-refractivity contribution in [2.24, 2.45) is 11.7 Å². The number of amides is 2. The average molecular weight is 730 g/mol. The van der Waals surface area contributed by atoms with E-state index >= 15 is 0 Å². The summed E-state index contributed by atoms with van der Waals surface area (Å²) in [5.74, 6) is -1.18. The molecule has 0 bridgehead atoms. The number of benzene rings is 2. The van der Waals surface area contributed by atoms with Crippen molar-refractivity contribution in [1.82, 2.24) is 24.0 Å². The summed E-state index contributed by atoms with van der Waals surface area (Å²) in [6.45, 7) is 1.14. The second kappa shape index (κ2) is 12.8. The molecule has 1 saturated carbocycles. The van der Waals surface area contributed by atoms with Crippen molar-refractivity contribution < 1.29 is 32.3 Å². The van der Waals surface area contributed by atoms with Gasteiger partial charge in [-0.15, -0.1) is 0 Å². The fraction of sp³-hybridized carbons (Fsp3) is 0.364. The number of nitrogens with two attached hydrogens (primary N) is 1. The number of aromatic nitrogens is 3. The van der Waals surface area contributed by atoms with Crippen LogP contribution < -0.4 is 11.3 Å². The first kappa shape index (κ1) is 33.4. The molecular weight excluding hydrogens is 697 g/mol. The number of carbonyl (C=O) groups is 3. The maximum absolute atomic E-state index is 14.3. The van der Waals surface area contributed by atoms with E-state index in [2.05, 4.69) is 21.0 Å². The minimum Gasteiger partial charge on any atom is -0.443 e. The lowest BCUT2D eigenvalue weighted by Crippen LogP contribution is -2.46. The first-order valence-electron chi connectivity index (χ1n) is 15.3. The summed E-state index contributed by atoms with van der Waals surface area (Å²) in [6.07, 6.45) is 0.0325. The normalized spacial score (nSPS) is 16.1. The molecule has 1 aliphatic heterocycles. The first-order chi connectivity index (χ1) is 22.8. The van der Waals surface area contributed by atoms with E-state index in [9.17, 15) is 32.3 Å². The van der Waals surface area contributed by atoms with E-state index in [1.807, 2.05) is 0 Å². The quantitative estimate of drug-likeness (QED) is 0.211. The van der Waals surface area contributed by atoms with Gasteiger partial charge in [0.05, 0.1) is 36.2 Å². The molecule has 4 aromatic rings. The molecule has 2 aliphatic rings. The van der Waals surface area contributed by atoms with Crippen molar-refractivity contribution >= 4 is 39.4 Å². The van der Waals surface area contributed by atoms with Crippen LogP contribution in [0.1, 0.15) is 62.9 Å². The van der Waals surface area contributed by atoms with Gasteiger partial charge in [-0.05, 0) is 81.0 Å². The Morgan fingerprint density at radius 2 is 1.79 bits per heavy atom. The summed E-state index contributed by atoms with van der Waals surface area (Å²) in [7, 11) is 1.48. The molecular formula is C33H32BrF3N6O5. The molecule has 1 atom stereocenters. The molecule has 1 fully saturated rings. The van der Waals surface area contributed by atoms with Crippen LogP contribution in [0.15, 0.2) is 57.9 Å². The Kier molecular flexibility index (Phi) is 8.94. The Labute approximate surface area is 281 Å². The third-order valence-electron chi connectivity index (χ3n) is 8.74. The zero-order chi connectivity index (χ0) is 34.5. The van der Waals surface area contributed by atoms with Crippen LogP contribution in [0.2, 0.25) is 0 Å². The van der Waals surface area contributed by atoms with Crippen molar-refractivity contribution in [3.05, 3.63) is 97.0 Å². The van der Waals surface area contributed by atoms with Crippen molar-refractivity contribution in [3.8, 4) is 5.69 Å². The zero-order valence-corrected chi connectivity index (χ0v) is 27.7. The zero-order valence-electron chi connectivity index (χ0n) is 26.1. The minimum absolute atomic E-state index is 0.0294. The van der Waals surface area contributed by atoms with Gasteiger partial charge in [0.25, 0.3) is 17.4 Å². The summed E-state index contributed by atoms with van der Waals surface area (Å²) in [5, 5.41) is 4.65. The number of ether oxygens (including phenoxy) is 1. The van der Waals surface area contributed by atoms with Gasteiger partial charge < -0.3 is 20.3 Å². The third-order valence-corrected chi connectivity index (χ3v) is 9.43. The van der Waals surface area contributed by atoms with Gasteiger partial charge in [-0.2, -0.15) is 18.3 Å². The number of halogens is 4. The number of hydrogen-bond donors (Lipinski definition) is 1. The number of carbonyl (C=O) groups excluding carboxylic acids is 3. The van der Waals surface area contributed by atoms with Gasteiger partial charge in [0.2, 0.25) is 0 Å². The summed E-state index contributed by atoms with van der Waals surface area (Å²) < 4.78 is 48.9. The van der Waals surface area contributed by atoms with Crippen LogP contribution in [0.4, 0.5) is 13.2 Å². The van der Waals surface area contributed by atoms with Gasteiger partial charge in [0, 0.05) is 39.8 Å². The SMILES string of the molecule is C[C@@H]1Cc2c(n3ncc(CC4CC4)c3n(-c3ccc(C(=O)N(C)COC(=O)CN)cc3)c2=O)CN1C(=O)c1ccc(Br)c(C(F)(F)F)c1. The molecule has 11 nitrogen and oxygen atoms in total. The molecule has 2 aromatic heterocycles. The van der Waals surface area contributed by atoms with Gasteiger partial charge in [-0.1, -0.05) is 15.9 Å². The van der Waals surface area contributed by atoms with Crippen molar-refractivity contribution in [2.45, 2.75) is 51.4 Å². The van der Waals surface area contributed by atoms with Gasteiger partial charge >= 0.3 is 12.1 Å². The van der Waals surface area contributed by atoms with Crippen LogP contribution in [-0.2, 0) is 35.1 Å². The highest BCUT2D eigenvalue weighted by Crippen LogP contribution is 2.37. The summed E-state index contributed by atoms with van der Waals surface area (Å²) in [4.78, 5) is 55.0. The average Bonchev–Trinajstić information content (AvgIpc) is 3.80. The fourth-order valence-corrected chi connectivity index (χ4v) is 6.45. The molecule has 3 heterocycles. The Morgan fingerprint density at radius 1 is 1.10 bits per heavy atom. The van der Waals surface area contributed by atoms with Crippen molar-refractivity contribution in [3.63, 3.8) is 0 Å². The highest BCUT2D eigenvalue weighted by atomic mass is 79.9. The fourth-order valence-electron chi connectivity index (χ4n) is 5.97. The molecule has 48 heavy (non-hydrogen) atoms. The Hall–Kier alpha value is -4.50. The monoisotopic (exact) mass is 728 g/mol. The van der Waals surface area contributed by atoms with Crippen LogP contribution >= 0.6 is 15.9 Å². The van der Waals surface area contributed by atoms with Crippen molar-refractivity contribution in [2.75, 3.05) is 20.3 Å². The summed E-state index contributed by atoms with van der Waals surface area (Å²) in [6, 6.07) is 9.35. The number of fused-ring (bicyclic) bond motifs is 3. The van der Waals surface area contributed by atoms with Gasteiger partial charge in [0.15, 0.2) is 6.73 Å². The summed E-state index contributed by atoms with van der Waals surface area (Å²) >= 11 is 2.93. The predicted molar refractivity (Wildman–Crippen MR) is 172 cm³/mol. The predicted octanol–water partition coefficient (Wildman–Crippen LogP) is 4.34. The maximum Gasteiger partial charge on any atom is 0.417 e. The lowest BCUT2D eigenvalue weighted by molar-refractivity contribution is -0.145. The van der Waals surface area contributed by atoms with E-state index in [0.29, 0.717) is 40.5 Å². The van der Waals surface area contributed by atoms with Crippen LogP contribution in [0, 0.1) is 5.92 Å². The molecule has 252 valence electrons. The van der Waals surface area contributed by atoms with Gasteiger partial charge in [-0.25, -0.2) is 4.52 Å². The number of rotatable bonds is 8. The molecule has 0 radical (unpaired) electrons. The minimum atomic E-state index is -4.65. The highest BCUT2D eigenvalue weighted by molar-refractivity contribution is 9.10. The lowest BCUT2D eigenvalue weighted by Gasteiger charge is -2.35. The molecule has 2 aromatic carbocycles. The second-order valence-corrected chi connectivity index (χ2v) is 13.1. The molecule has 2 amide bonds.